The lowest BCUT2D eigenvalue weighted by Crippen LogP contribution is -2.38. The molecule has 0 fully saturated rings. The van der Waals surface area contributed by atoms with Crippen molar-refractivity contribution in [2.45, 2.75) is 13.0 Å². The van der Waals surface area contributed by atoms with Gasteiger partial charge in [0.1, 0.15) is 11.8 Å². The van der Waals surface area contributed by atoms with Crippen molar-refractivity contribution < 1.29 is 9.53 Å². The lowest BCUT2D eigenvalue weighted by Gasteiger charge is -2.22. The Labute approximate surface area is 124 Å². The lowest BCUT2D eigenvalue weighted by atomic mass is 10.2. The standard InChI is InChI=1S/C17H16N2O2/c1-13(21-16-11-7-6-8-14(16)12-18)17(20)19(2)15-9-4-3-5-10-15/h3-11,13H,1-2H3/t13-/m1/s1. The highest BCUT2D eigenvalue weighted by molar-refractivity contribution is 5.96. The van der Waals surface area contributed by atoms with Gasteiger partial charge in [-0.3, -0.25) is 4.79 Å². The van der Waals surface area contributed by atoms with Crippen molar-refractivity contribution in [1.82, 2.24) is 0 Å². The Kier molecular flexibility index (Phi) is 4.57. The van der Waals surface area contributed by atoms with E-state index >= 15 is 0 Å². The van der Waals surface area contributed by atoms with Crippen molar-refractivity contribution in [2.24, 2.45) is 0 Å². The molecule has 1 amide bonds. The molecule has 0 aromatic heterocycles. The third kappa shape index (κ3) is 3.40. The number of likely N-dealkylation sites (N-methyl/N-ethyl adjacent to an activating group) is 1. The van der Waals surface area contributed by atoms with Gasteiger partial charge in [-0.1, -0.05) is 30.3 Å². The Morgan fingerprint density at radius 3 is 2.43 bits per heavy atom. The Balaban J connectivity index is 2.12. The molecule has 0 aliphatic rings. The highest BCUT2D eigenvalue weighted by atomic mass is 16.5. The number of nitrogens with zero attached hydrogens (tertiary/aromatic N) is 2. The van der Waals surface area contributed by atoms with Gasteiger partial charge in [0.15, 0.2) is 6.10 Å². The van der Waals surface area contributed by atoms with Gasteiger partial charge >= 0.3 is 0 Å². The van der Waals surface area contributed by atoms with Crippen molar-refractivity contribution in [2.75, 3.05) is 11.9 Å². The van der Waals surface area contributed by atoms with Gasteiger partial charge in [0.25, 0.3) is 5.91 Å². The molecule has 0 saturated heterocycles. The molecular formula is C17H16N2O2. The van der Waals surface area contributed by atoms with Crippen LogP contribution in [0.2, 0.25) is 0 Å². The van der Waals surface area contributed by atoms with Gasteiger partial charge in [-0.2, -0.15) is 5.26 Å². The molecule has 2 rings (SSSR count). The summed E-state index contributed by atoms with van der Waals surface area (Å²) in [5.41, 5.74) is 1.21. The van der Waals surface area contributed by atoms with Crippen LogP contribution in [0.4, 0.5) is 5.69 Å². The van der Waals surface area contributed by atoms with Crippen LogP contribution < -0.4 is 9.64 Å². The van der Waals surface area contributed by atoms with Crippen LogP contribution in [0, 0.1) is 11.3 Å². The van der Waals surface area contributed by atoms with Crippen LogP contribution in [0.25, 0.3) is 0 Å². The van der Waals surface area contributed by atoms with Crippen molar-refractivity contribution in [3.63, 3.8) is 0 Å². The van der Waals surface area contributed by atoms with Crippen molar-refractivity contribution in [1.29, 1.82) is 5.26 Å². The summed E-state index contributed by atoms with van der Waals surface area (Å²) in [6.07, 6.45) is -0.676. The fraction of sp³-hybridized carbons (Fsp3) is 0.176. The summed E-state index contributed by atoms with van der Waals surface area (Å²) in [7, 11) is 1.70. The van der Waals surface area contributed by atoms with Crippen LogP contribution in [0.15, 0.2) is 54.6 Å². The number of hydrogen-bond acceptors (Lipinski definition) is 3. The first-order valence-electron chi connectivity index (χ1n) is 6.62. The van der Waals surface area contributed by atoms with Gasteiger partial charge in [0, 0.05) is 12.7 Å². The van der Waals surface area contributed by atoms with E-state index < -0.39 is 6.10 Å². The SMILES string of the molecule is C[C@@H](Oc1ccccc1C#N)C(=O)N(C)c1ccccc1. The maximum absolute atomic E-state index is 12.4. The second kappa shape index (κ2) is 6.58. The number of carbonyl (C=O) groups excluding carboxylic acids is 1. The van der Waals surface area contributed by atoms with E-state index in [4.69, 9.17) is 10.00 Å². The minimum Gasteiger partial charge on any atom is -0.479 e. The average Bonchev–Trinajstić information content (AvgIpc) is 2.54. The highest BCUT2D eigenvalue weighted by Gasteiger charge is 2.21. The number of anilines is 1. The van der Waals surface area contributed by atoms with Gasteiger partial charge in [0.2, 0.25) is 0 Å². The van der Waals surface area contributed by atoms with Crippen molar-refractivity contribution in [3.8, 4) is 11.8 Å². The number of hydrogen-bond donors (Lipinski definition) is 0. The van der Waals surface area contributed by atoms with Gasteiger partial charge in [-0.25, -0.2) is 0 Å². The maximum Gasteiger partial charge on any atom is 0.267 e. The largest absolute Gasteiger partial charge is 0.479 e. The predicted molar refractivity (Wildman–Crippen MR) is 81.1 cm³/mol. The first-order valence-corrected chi connectivity index (χ1v) is 6.62. The van der Waals surface area contributed by atoms with E-state index in [1.807, 2.05) is 30.3 Å². The van der Waals surface area contributed by atoms with E-state index in [2.05, 4.69) is 6.07 Å². The molecule has 4 heteroatoms. The molecule has 0 bridgehead atoms. The van der Waals surface area contributed by atoms with Crippen LogP contribution in [-0.4, -0.2) is 19.1 Å². The van der Waals surface area contributed by atoms with Gasteiger partial charge in [0.05, 0.1) is 5.56 Å². The monoisotopic (exact) mass is 280 g/mol. The molecule has 0 heterocycles. The molecule has 0 aliphatic carbocycles. The molecule has 21 heavy (non-hydrogen) atoms. The van der Waals surface area contributed by atoms with Gasteiger partial charge in [-0.15, -0.1) is 0 Å². The molecule has 4 nitrogen and oxygen atoms in total. The van der Waals surface area contributed by atoms with E-state index in [-0.39, 0.29) is 5.91 Å². The number of benzene rings is 2. The molecule has 106 valence electrons. The summed E-state index contributed by atoms with van der Waals surface area (Å²) in [5.74, 6) is 0.247. The summed E-state index contributed by atoms with van der Waals surface area (Å²) in [6.45, 7) is 1.68. The quantitative estimate of drug-likeness (QED) is 0.865. The smallest absolute Gasteiger partial charge is 0.267 e. The summed E-state index contributed by atoms with van der Waals surface area (Å²) in [5, 5.41) is 9.03. The Morgan fingerprint density at radius 1 is 1.14 bits per heavy atom. The minimum atomic E-state index is -0.676. The maximum atomic E-state index is 12.4. The normalized spacial score (nSPS) is 11.3. The zero-order chi connectivity index (χ0) is 15.2. The summed E-state index contributed by atoms with van der Waals surface area (Å²) in [6, 6.07) is 18.3. The minimum absolute atomic E-state index is 0.172. The van der Waals surface area contributed by atoms with Gasteiger partial charge < -0.3 is 9.64 Å². The molecule has 1 atom stereocenters. The van der Waals surface area contributed by atoms with Crippen molar-refractivity contribution in [3.05, 3.63) is 60.2 Å². The number of ether oxygens (including phenoxy) is 1. The van der Waals surface area contributed by atoms with Gasteiger partial charge in [-0.05, 0) is 31.2 Å². The average molecular weight is 280 g/mol. The molecule has 2 aromatic carbocycles. The van der Waals surface area contributed by atoms with E-state index in [1.165, 1.54) is 0 Å². The highest BCUT2D eigenvalue weighted by Crippen LogP contribution is 2.20. The third-order valence-electron chi connectivity index (χ3n) is 3.13. The molecule has 0 spiro atoms. The number of amides is 1. The Hall–Kier alpha value is -2.80. The summed E-state index contributed by atoms with van der Waals surface area (Å²) in [4.78, 5) is 13.9. The van der Waals surface area contributed by atoms with E-state index in [0.29, 0.717) is 11.3 Å². The number of rotatable bonds is 4. The van der Waals surface area contributed by atoms with Crippen LogP contribution in [0.5, 0.6) is 5.75 Å². The van der Waals surface area contributed by atoms with E-state index in [9.17, 15) is 4.79 Å². The van der Waals surface area contributed by atoms with Crippen LogP contribution in [-0.2, 0) is 4.79 Å². The van der Waals surface area contributed by atoms with Crippen LogP contribution in [0.1, 0.15) is 12.5 Å². The van der Waals surface area contributed by atoms with E-state index in [1.54, 1.807) is 43.1 Å². The molecule has 0 N–H and O–H groups in total. The lowest BCUT2D eigenvalue weighted by molar-refractivity contribution is -0.124. The first kappa shape index (κ1) is 14.6. The Morgan fingerprint density at radius 2 is 1.76 bits per heavy atom. The zero-order valence-electron chi connectivity index (χ0n) is 12.0. The molecule has 0 saturated carbocycles. The van der Waals surface area contributed by atoms with Crippen molar-refractivity contribution >= 4 is 11.6 Å². The molecular weight excluding hydrogens is 264 g/mol. The predicted octanol–water partition coefficient (Wildman–Crippen LogP) is 2.99. The number of nitriles is 1. The number of para-hydroxylation sites is 2. The van der Waals surface area contributed by atoms with Crippen LogP contribution >= 0.6 is 0 Å². The second-order valence-electron chi connectivity index (χ2n) is 4.60. The molecule has 0 radical (unpaired) electrons. The molecule has 0 unspecified atom stereocenters. The fourth-order valence-corrected chi connectivity index (χ4v) is 1.95. The summed E-state index contributed by atoms with van der Waals surface area (Å²) < 4.78 is 5.63. The Bertz CT molecular complexity index is 662. The number of carbonyl (C=O) groups is 1. The zero-order valence-corrected chi connectivity index (χ0v) is 12.0. The first-order chi connectivity index (χ1) is 10.1. The van der Waals surface area contributed by atoms with E-state index in [0.717, 1.165) is 5.69 Å². The molecule has 2 aromatic rings. The fourth-order valence-electron chi connectivity index (χ4n) is 1.95. The second-order valence-corrected chi connectivity index (χ2v) is 4.60. The molecule has 0 aliphatic heterocycles. The summed E-state index contributed by atoms with van der Waals surface area (Å²) >= 11 is 0. The van der Waals surface area contributed by atoms with Crippen LogP contribution in [0.3, 0.4) is 0 Å². The topological polar surface area (TPSA) is 53.3 Å². The third-order valence-corrected chi connectivity index (χ3v) is 3.13.